The van der Waals surface area contributed by atoms with Gasteiger partial charge in [0.25, 0.3) is 0 Å². The predicted octanol–water partition coefficient (Wildman–Crippen LogP) is -0.238. The molecule has 0 N–H and O–H groups in total. The summed E-state index contributed by atoms with van der Waals surface area (Å²) in [6.45, 7) is 0. The second kappa shape index (κ2) is 120. The van der Waals surface area contributed by atoms with E-state index in [4.69, 9.17) is 22.4 Å². The first-order valence-corrected chi connectivity index (χ1v) is 147. The Morgan fingerprint density at radius 1 is 0.0505 bits per heavy atom. The predicted molar refractivity (Wildman–Crippen MR) is 729 cm³/mol. The summed E-state index contributed by atoms with van der Waals surface area (Å²) >= 11 is 9.66. The molecule has 0 aromatic rings. The lowest BCUT2D eigenvalue weighted by molar-refractivity contribution is 5.95. The molecule has 0 atom stereocenters. The van der Waals surface area contributed by atoms with E-state index in [1.54, 1.807) is 107 Å². The molecule has 0 aromatic carbocycles. The Morgan fingerprint density at radius 2 is 0.0808 bits per heavy atom. The molecule has 0 saturated heterocycles. The Hall–Kier alpha value is 21.8. The molecule has 0 fully saturated rings. The molecule has 0 nitrogen and oxygen atoms in total. The minimum atomic E-state index is 1.37. The van der Waals surface area contributed by atoms with Gasteiger partial charge in [0, 0.05) is 884 Å². The third-order valence-corrected chi connectivity index (χ3v) is 216. The lowest BCUT2D eigenvalue weighted by Crippen LogP contribution is -1.41. The molecule has 0 aliphatic carbocycles. The molecular formula is S99. The van der Waals surface area contributed by atoms with Crippen LogP contribution in [0.5, 0.6) is 0 Å². The lowest BCUT2D eigenvalue weighted by Gasteiger charge is -1.41. The van der Waals surface area contributed by atoms with Crippen molar-refractivity contribution < 1.29 is 0 Å². The van der Waals surface area contributed by atoms with Gasteiger partial charge in [0.1, 0.15) is 0 Å². The van der Waals surface area contributed by atoms with Crippen LogP contribution >= 0.6 is 0 Å². The molecule has 0 aliphatic heterocycles. The second-order valence-electron chi connectivity index (χ2n) is 6.60. The normalized spacial score (nSPS) is 7.88. The standard InChI is InChI=1S/S99/c1-3-5-7-9-11-13-15-17-19-21-23-25-27-29-31-33-35-37-39-41-43-45-47-49-51-53-55-57-59-61-63-65-67-69-71-73-75-77-79-81-83-85-87-89-91-93-95-97-99-98-96-94-92-90-88-86-84-82-80-78-76-74-72-70-68-66-64-62-60-58-56-54-52-50-48-46-44-42-40-38-36-34-32-30-28-26-24-22-20-18-16-14-12-10-8-6-4-2. The maximum absolute atomic E-state index is 4.83. The minimum Gasteiger partial charge on any atom is 0 e. The van der Waals surface area contributed by atoms with Crippen LogP contribution in [0.3, 0.4) is 0 Å². The monoisotopic (exact) mass is 3170 g/mol. The van der Waals surface area contributed by atoms with Crippen LogP contribution in [0.15, 0.2) is 0 Å². The van der Waals surface area contributed by atoms with Gasteiger partial charge in [-0.3, -0.25) is 0 Å². The van der Waals surface area contributed by atoms with Crippen molar-refractivity contribution in [1.29, 1.82) is 0 Å². The van der Waals surface area contributed by atoms with Gasteiger partial charge in [-0.15, -0.1) is 0 Å². The van der Waals surface area contributed by atoms with Crippen LogP contribution < -0.4 is 0 Å². The summed E-state index contributed by atoms with van der Waals surface area (Å²) in [6.07, 6.45) is 0. The van der Waals surface area contributed by atoms with E-state index in [9.17, 15) is 0 Å². The topological polar surface area (TPSA) is 0 Å². The van der Waals surface area contributed by atoms with Crippen LogP contribution in [0.25, 0.3) is 0 Å². The zero-order valence-electron chi connectivity index (χ0n) is 40.4. The third kappa shape index (κ3) is 120. The molecule has 99 heteroatoms. The molecule has 0 saturated carbocycles. The summed E-state index contributed by atoms with van der Waals surface area (Å²) in [5.74, 6) is 0. The number of hydrogen-bond donors (Lipinski definition) is 0. The first-order valence-electron chi connectivity index (χ1n) is 16.3. The Labute approximate surface area is 855 Å². The van der Waals surface area contributed by atoms with Gasteiger partial charge in [-0.25, -0.2) is 0 Å². The van der Waals surface area contributed by atoms with E-state index in [1.165, 1.54) is 17.8 Å². The van der Waals surface area contributed by atoms with Crippen molar-refractivity contribution in [1.82, 2.24) is 0 Å². The second-order valence-corrected chi connectivity index (χ2v) is 178. The highest BCUT2D eigenvalue weighted by molar-refractivity contribution is 8.87. The SMILES string of the molecule is S=S=S=S=S=S=S=S=S=S=S=S=S=S=S=S=S=S=S=S=S=S=S=S=S=S=S=S=S=S=S=S=S=S=S=S=S=S=S=S=S=S=S=S=S=S=S=S=S=S=S=S=S=S=S=S=S=S=S=S=S=S=S=S=S=S=S=S=S=S=S=S=S=S=S=S=S=S=S=S=S=S=S=S=S=S=S=S=S=S=S=S=S=S=S=S=S=S=S. The zero-order chi connectivity index (χ0) is 70.6. The Morgan fingerprint density at radius 3 is 0.111 bits per heavy atom. The molecule has 0 aromatic heterocycles. The maximum atomic E-state index is 4.83. The lowest BCUT2D eigenvalue weighted by atomic mass is 30.7. The van der Waals surface area contributed by atoms with E-state index in [1.807, 2.05) is 737 Å². The number of rotatable bonds is 0. The van der Waals surface area contributed by atoms with E-state index in [0.29, 0.717) is 0 Å². The highest BCUT2D eigenvalue weighted by Gasteiger charge is 1.51. The average molecular weight is 3170 g/mol. The quantitative estimate of drug-likeness (QED) is 0.330. The van der Waals surface area contributed by atoms with Gasteiger partial charge in [-0.2, -0.15) is 0 Å². The van der Waals surface area contributed by atoms with Crippen molar-refractivity contribution >= 4 is 884 Å². The zero-order valence-corrected chi connectivity index (χ0v) is 121. The molecule has 0 radical (unpaired) electrons. The van der Waals surface area contributed by atoms with Gasteiger partial charge in [0.15, 0.2) is 0 Å². The van der Waals surface area contributed by atoms with Crippen molar-refractivity contribution in [3.8, 4) is 0 Å². The van der Waals surface area contributed by atoms with Crippen LogP contribution in [0.1, 0.15) is 0 Å². The average Bonchev–Trinajstić information content (AvgIpc) is 3.64. The van der Waals surface area contributed by atoms with E-state index in [0.717, 1.165) is 0 Å². The fourth-order valence-electron chi connectivity index (χ4n) is 1.08. The largest absolute Gasteiger partial charge is 0 e. The summed E-state index contributed by atoms with van der Waals surface area (Å²) in [5.41, 5.74) is 0. The summed E-state index contributed by atoms with van der Waals surface area (Å²) < 4.78 is 0. The summed E-state index contributed by atoms with van der Waals surface area (Å²) in [5, 5.41) is 0. The molecule has 0 amide bonds. The Bertz CT molecular complexity index is 7420. The van der Waals surface area contributed by atoms with Crippen molar-refractivity contribution in [2.45, 2.75) is 0 Å². The molecule has 0 heterocycles. The van der Waals surface area contributed by atoms with Crippen molar-refractivity contribution in [3.05, 3.63) is 0 Å². The van der Waals surface area contributed by atoms with Crippen LogP contribution in [0.2, 0.25) is 0 Å². The fourth-order valence-corrected chi connectivity index (χ4v) is 262. The third-order valence-electron chi connectivity index (χ3n) is 2.67. The Kier molecular flexibility index (Phi) is 146. The summed E-state index contributed by atoms with van der Waals surface area (Å²) in [4.78, 5) is 0. The fraction of sp³-hybridized carbons (Fsp3) is 0. The van der Waals surface area contributed by atoms with Gasteiger partial charge >= 0.3 is 0 Å². The first kappa shape index (κ1) is 121. The van der Waals surface area contributed by atoms with E-state index in [2.05, 4.69) is 0 Å². The molecule has 99 heavy (non-hydrogen) atoms. The molecule has 0 unspecified atom stereocenters. The highest BCUT2D eigenvalue weighted by atomic mass is 33.6. The molecule has 0 spiro atoms. The van der Waals surface area contributed by atoms with Gasteiger partial charge < -0.3 is 0 Å². The van der Waals surface area contributed by atoms with Crippen molar-refractivity contribution in [3.63, 3.8) is 0 Å². The van der Waals surface area contributed by atoms with E-state index in [-0.39, 0.29) is 0 Å². The van der Waals surface area contributed by atoms with E-state index >= 15 is 0 Å². The van der Waals surface area contributed by atoms with Gasteiger partial charge in [0.05, 0.1) is 0 Å². The Balaban J connectivity index is 6.18. The maximum Gasteiger partial charge on any atom is 0 e. The van der Waals surface area contributed by atoms with Crippen molar-refractivity contribution in [2.24, 2.45) is 0 Å². The first-order chi connectivity index (χ1) is 49.4. The molecule has 0 bridgehead atoms. The summed E-state index contributed by atoms with van der Waals surface area (Å²) in [6, 6.07) is 0. The molecular weight excluding hydrogens is 3170 g/mol. The molecule has 594 valence electrons. The highest BCUT2D eigenvalue weighted by Crippen LogP contribution is 1.50. The van der Waals surface area contributed by atoms with Gasteiger partial charge in [0.2, 0.25) is 0 Å². The minimum absolute atomic E-state index is 1.37. The van der Waals surface area contributed by atoms with Crippen molar-refractivity contribution in [2.75, 3.05) is 0 Å². The van der Waals surface area contributed by atoms with Crippen LogP contribution in [0, 0.1) is 0 Å². The van der Waals surface area contributed by atoms with Gasteiger partial charge in [-0.05, 0) is 0 Å². The van der Waals surface area contributed by atoms with Crippen LogP contribution in [-0.2, 0) is 884 Å². The molecule has 0 aliphatic rings. The molecule has 0 rings (SSSR count). The van der Waals surface area contributed by atoms with Crippen LogP contribution in [-0.4, -0.2) is 0 Å². The smallest absolute Gasteiger partial charge is 0 e. The van der Waals surface area contributed by atoms with Gasteiger partial charge in [-0.1, -0.05) is 0 Å². The van der Waals surface area contributed by atoms with E-state index < -0.39 is 0 Å². The number of hydrogen-bond acceptors (Lipinski definition) is 2. The summed E-state index contributed by atoms with van der Waals surface area (Å²) in [7, 11) is 176. The van der Waals surface area contributed by atoms with Crippen LogP contribution in [0.4, 0.5) is 0 Å².